The molecule has 13 heavy (non-hydrogen) atoms. The van der Waals surface area contributed by atoms with Crippen LogP contribution >= 0.6 is 0 Å². The Kier molecular flexibility index (Phi) is 4.19. The van der Waals surface area contributed by atoms with Crippen LogP contribution in [-0.2, 0) is 4.79 Å². The molecule has 1 rings (SSSR count). The molecule has 1 atom stereocenters. The highest BCUT2D eigenvalue weighted by atomic mass is 16.1. The van der Waals surface area contributed by atoms with Crippen molar-refractivity contribution in [3.8, 4) is 0 Å². The van der Waals surface area contributed by atoms with Crippen LogP contribution in [0.4, 0.5) is 0 Å². The molecule has 2 heteroatoms. The van der Waals surface area contributed by atoms with E-state index >= 15 is 0 Å². The topological polar surface area (TPSA) is 29.1 Å². The predicted octanol–water partition coefficient (Wildman–Crippen LogP) is 1.93. The van der Waals surface area contributed by atoms with E-state index in [-0.39, 0.29) is 0 Å². The van der Waals surface area contributed by atoms with Crippen LogP contribution in [-0.4, -0.2) is 12.8 Å². The number of rotatable bonds is 5. The molecule has 0 radical (unpaired) electrons. The van der Waals surface area contributed by atoms with Gasteiger partial charge < -0.3 is 10.1 Å². The summed E-state index contributed by atoms with van der Waals surface area (Å²) in [6.07, 6.45) is 1.52. The maximum Gasteiger partial charge on any atom is 0.121 e. The molecule has 0 aliphatic carbocycles. The molecule has 2 nitrogen and oxygen atoms in total. The number of hydrogen-bond donors (Lipinski definition) is 1. The molecule has 0 aliphatic rings. The summed E-state index contributed by atoms with van der Waals surface area (Å²) in [7, 11) is 0. The maximum atomic E-state index is 10.1. The number of benzene rings is 1. The van der Waals surface area contributed by atoms with Gasteiger partial charge in [-0.3, -0.25) is 0 Å². The quantitative estimate of drug-likeness (QED) is 0.550. The van der Waals surface area contributed by atoms with Crippen molar-refractivity contribution in [3.05, 3.63) is 35.9 Å². The molecular formula is C11H15NO. The van der Waals surface area contributed by atoms with Crippen molar-refractivity contribution in [2.75, 3.05) is 6.54 Å². The molecule has 1 aromatic rings. The second kappa shape index (κ2) is 5.49. The van der Waals surface area contributed by atoms with Gasteiger partial charge in [0.05, 0.1) is 0 Å². The Labute approximate surface area is 79.0 Å². The predicted molar refractivity (Wildman–Crippen MR) is 53.5 cm³/mol. The third kappa shape index (κ3) is 3.38. The molecular weight excluding hydrogens is 162 g/mol. The summed E-state index contributed by atoms with van der Waals surface area (Å²) >= 11 is 0. The molecule has 0 heterocycles. The Bertz CT molecular complexity index is 246. The molecule has 70 valence electrons. The van der Waals surface area contributed by atoms with Crippen LogP contribution in [0.1, 0.15) is 24.9 Å². The first-order valence-electron chi connectivity index (χ1n) is 4.56. The smallest absolute Gasteiger partial charge is 0.121 e. The summed E-state index contributed by atoms with van der Waals surface area (Å²) in [6.45, 7) is 2.85. The van der Waals surface area contributed by atoms with Crippen LogP contribution in [0.15, 0.2) is 30.3 Å². The molecule has 0 bridgehead atoms. The van der Waals surface area contributed by atoms with E-state index < -0.39 is 0 Å². The van der Waals surface area contributed by atoms with Crippen LogP contribution in [0.5, 0.6) is 0 Å². The third-order valence-corrected chi connectivity index (χ3v) is 2.01. The Balaban J connectivity index is 2.39. The fraction of sp³-hybridized carbons (Fsp3) is 0.364. The van der Waals surface area contributed by atoms with Crippen molar-refractivity contribution in [2.24, 2.45) is 0 Å². The fourth-order valence-corrected chi connectivity index (χ4v) is 1.22. The monoisotopic (exact) mass is 177 g/mol. The van der Waals surface area contributed by atoms with Crippen LogP contribution in [0.25, 0.3) is 0 Å². The summed E-state index contributed by atoms with van der Waals surface area (Å²) < 4.78 is 0. The summed E-state index contributed by atoms with van der Waals surface area (Å²) in [5.74, 6) is 0. The molecule has 0 saturated heterocycles. The van der Waals surface area contributed by atoms with Crippen molar-refractivity contribution in [3.63, 3.8) is 0 Å². The van der Waals surface area contributed by atoms with Crippen molar-refractivity contribution >= 4 is 6.29 Å². The zero-order valence-electron chi connectivity index (χ0n) is 7.86. The van der Waals surface area contributed by atoms with E-state index in [4.69, 9.17) is 0 Å². The highest BCUT2D eigenvalue weighted by Gasteiger charge is 2.01. The van der Waals surface area contributed by atoms with Crippen molar-refractivity contribution in [1.29, 1.82) is 0 Å². The number of carbonyl (C=O) groups excluding carboxylic acids is 1. The number of hydrogen-bond acceptors (Lipinski definition) is 2. The lowest BCUT2D eigenvalue weighted by molar-refractivity contribution is -0.107. The van der Waals surface area contributed by atoms with Crippen LogP contribution in [0, 0.1) is 0 Å². The Morgan fingerprint density at radius 1 is 1.38 bits per heavy atom. The first kappa shape index (κ1) is 9.93. The van der Waals surface area contributed by atoms with E-state index in [1.54, 1.807) is 0 Å². The lowest BCUT2D eigenvalue weighted by Gasteiger charge is -2.12. The summed E-state index contributed by atoms with van der Waals surface area (Å²) in [4.78, 5) is 10.1. The van der Waals surface area contributed by atoms with Gasteiger partial charge >= 0.3 is 0 Å². The van der Waals surface area contributed by atoms with Gasteiger partial charge in [-0.1, -0.05) is 30.3 Å². The van der Waals surface area contributed by atoms with Gasteiger partial charge in [0, 0.05) is 19.0 Å². The van der Waals surface area contributed by atoms with E-state index in [0.29, 0.717) is 12.5 Å². The molecule has 1 aromatic carbocycles. The van der Waals surface area contributed by atoms with Gasteiger partial charge in [-0.2, -0.15) is 0 Å². The molecule has 1 N–H and O–H groups in total. The SMILES string of the molecule is C[C@H](NCCC=O)c1ccccc1. The maximum absolute atomic E-state index is 10.1. The van der Waals surface area contributed by atoms with Gasteiger partial charge in [-0.05, 0) is 12.5 Å². The summed E-state index contributed by atoms with van der Waals surface area (Å²) in [6, 6.07) is 10.5. The number of nitrogens with one attached hydrogen (secondary N) is 1. The van der Waals surface area contributed by atoms with Crippen LogP contribution < -0.4 is 5.32 Å². The normalized spacial score (nSPS) is 12.4. The van der Waals surface area contributed by atoms with Gasteiger partial charge in [-0.15, -0.1) is 0 Å². The van der Waals surface area contributed by atoms with Crippen LogP contribution in [0.2, 0.25) is 0 Å². The minimum Gasteiger partial charge on any atom is -0.310 e. The average molecular weight is 177 g/mol. The van der Waals surface area contributed by atoms with Gasteiger partial charge in [0.25, 0.3) is 0 Å². The highest BCUT2D eigenvalue weighted by Crippen LogP contribution is 2.10. The molecule has 0 amide bonds. The Hall–Kier alpha value is -1.15. The molecule has 0 spiro atoms. The largest absolute Gasteiger partial charge is 0.310 e. The molecule has 0 unspecified atom stereocenters. The van der Waals surface area contributed by atoms with Crippen molar-refractivity contribution in [2.45, 2.75) is 19.4 Å². The second-order valence-corrected chi connectivity index (χ2v) is 3.04. The Morgan fingerprint density at radius 2 is 2.08 bits per heavy atom. The minimum absolute atomic E-state index is 0.321. The fourth-order valence-electron chi connectivity index (χ4n) is 1.22. The van der Waals surface area contributed by atoms with Crippen molar-refractivity contribution < 1.29 is 4.79 Å². The van der Waals surface area contributed by atoms with E-state index in [9.17, 15) is 4.79 Å². The zero-order chi connectivity index (χ0) is 9.52. The third-order valence-electron chi connectivity index (χ3n) is 2.01. The van der Waals surface area contributed by atoms with Crippen LogP contribution in [0.3, 0.4) is 0 Å². The number of carbonyl (C=O) groups is 1. The molecule has 0 aromatic heterocycles. The number of aldehydes is 1. The molecule has 0 aliphatic heterocycles. The lowest BCUT2D eigenvalue weighted by Crippen LogP contribution is -2.19. The van der Waals surface area contributed by atoms with Gasteiger partial charge in [0.1, 0.15) is 6.29 Å². The van der Waals surface area contributed by atoms with E-state index in [1.165, 1.54) is 5.56 Å². The Morgan fingerprint density at radius 3 is 2.69 bits per heavy atom. The van der Waals surface area contributed by atoms with Gasteiger partial charge in [0.15, 0.2) is 0 Å². The average Bonchev–Trinajstić information content (AvgIpc) is 2.19. The second-order valence-electron chi connectivity index (χ2n) is 3.04. The minimum atomic E-state index is 0.321. The van der Waals surface area contributed by atoms with Crippen molar-refractivity contribution in [1.82, 2.24) is 5.32 Å². The summed E-state index contributed by atoms with van der Waals surface area (Å²) in [5, 5.41) is 3.27. The lowest BCUT2D eigenvalue weighted by atomic mass is 10.1. The standard InChI is InChI=1S/C11H15NO/c1-10(12-8-5-9-13)11-6-3-2-4-7-11/h2-4,6-7,9-10,12H,5,8H2,1H3/t10-/m0/s1. The molecule has 0 saturated carbocycles. The van der Waals surface area contributed by atoms with E-state index in [0.717, 1.165) is 12.8 Å². The summed E-state index contributed by atoms with van der Waals surface area (Å²) in [5.41, 5.74) is 1.26. The first-order valence-corrected chi connectivity index (χ1v) is 4.56. The van der Waals surface area contributed by atoms with Gasteiger partial charge in [0.2, 0.25) is 0 Å². The zero-order valence-corrected chi connectivity index (χ0v) is 7.86. The molecule has 0 fully saturated rings. The van der Waals surface area contributed by atoms with E-state index in [2.05, 4.69) is 24.4 Å². The highest BCUT2D eigenvalue weighted by molar-refractivity contribution is 5.49. The first-order chi connectivity index (χ1) is 6.34. The van der Waals surface area contributed by atoms with E-state index in [1.807, 2.05) is 18.2 Å². The van der Waals surface area contributed by atoms with Gasteiger partial charge in [-0.25, -0.2) is 0 Å².